The zero-order chi connectivity index (χ0) is 19.5. The van der Waals surface area contributed by atoms with Gasteiger partial charge in [0.15, 0.2) is 0 Å². The van der Waals surface area contributed by atoms with Crippen LogP contribution in [0.5, 0.6) is 0 Å². The van der Waals surface area contributed by atoms with E-state index in [1.807, 2.05) is 26.8 Å². The zero-order valence-corrected chi connectivity index (χ0v) is 16.6. The topological polar surface area (TPSA) is 106 Å². The first-order valence-corrected chi connectivity index (χ1v) is 11.3. The first kappa shape index (κ1) is 20.6. The lowest BCUT2D eigenvalue weighted by atomic mass is 10.0. The Kier molecular flexibility index (Phi) is 6.23. The van der Waals surface area contributed by atoms with Crippen LogP contribution in [0.25, 0.3) is 0 Å². The van der Waals surface area contributed by atoms with Crippen molar-refractivity contribution in [2.75, 3.05) is 6.54 Å². The van der Waals surface area contributed by atoms with Gasteiger partial charge in [-0.25, -0.2) is 26.7 Å². The third-order valence-electron chi connectivity index (χ3n) is 4.19. The van der Waals surface area contributed by atoms with Crippen LogP contribution in [0.15, 0.2) is 58.3 Å². The Bertz CT molecular complexity index is 967. The summed E-state index contributed by atoms with van der Waals surface area (Å²) in [6, 6.07) is 13.0. The van der Waals surface area contributed by atoms with Gasteiger partial charge in [-0.3, -0.25) is 0 Å². The minimum absolute atomic E-state index is 0.0273. The number of nitrogens with one attached hydrogen (secondary N) is 1. The van der Waals surface area contributed by atoms with Crippen LogP contribution in [-0.2, 0) is 20.0 Å². The molecular weight excluding hydrogens is 372 g/mol. The van der Waals surface area contributed by atoms with Crippen molar-refractivity contribution >= 4 is 20.0 Å². The Labute approximate surface area is 155 Å². The number of sulfonamides is 2. The van der Waals surface area contributed by atoms with Crippen LogP contribution >= 0.6 is 0 Å². The highest BCUT2D eigenvalue weighted by atomic mass is 32.2. The van der Waals surface area contributed by atoms with Crippen LogP contribution in [0.2, 0.25) is 0 Å². The molecule has 0 fully saturated rings. The average Bonchev–Trinajstić information content (AvgIpc) is 2.59. The lowest BCUT2D eigenvalue weighted by Crippen LogP contribution is -2.27. The largest absolute Gasteiger partial charge is 0.240 e. The molecule has 3 N–H and O–H groups in total. The lowest BCUT2D eigenvalue weighted by molar-refractivity contribution is 0.574. The smallest absolute Gasteiger partial charge is 0.225 e. The van der Waals surface area contributed by atoms with Crippen molar-refractivity contribution in [2.24, 2.45) is 5.14 Å². The van der Waals surface area contributed by atoms with E-state index in [1.54, 1.807) is 30.3 Å². The number of rotatable bonds is 7. The van der Waals surface area contributed by atoms with Crippen molar-refractivity contribution in [2.45, 2.75) is 42.4 Å². The molecule has 0 saturated heterocycles. The van der Waals surface area contributed by atoms with Gasteiger partial charge in [0.25, 0.3) is 0 Å². The number of nitrogens with two attached hydrogens (primary N) is 1. The zero-order valence-electron chi connectivity index (χ0n) is 15.0. The second-order valence-electron chi connectivity index (χ2n) is 6.59. The number of hydrogen-bond acceptors (Lipinski definition) is 4. The molecule has 0 aliphatic carbocycles. The highest BCUT2D eigenvalue weighted by Gasteiger charge is 2.17. The molecule has 0 saturated carbocycles. The predicted octanol–water partition coefficient (Wildman–Crippen LogP) is 2.54. The van der Waals surface area contributed by atoms with Gasteiger partial charge < -0.3 is 0 Å². The van der Waals surface area contributed by atoms with Gasteiger partial charge in [0, 0.05) is 6.54 Å². The Morgan fingerprint density at radius 1 is 0.885 bits per heavy atom. The summed E-state index contributed by atoms with van der Waals surface area (Å²) >= 11 is 0. The van der Waals surface area contributed by atoms with E-state index in [1.165, 1.54) is 12.1 Å². The molecule has 2 aromatic rings. The molecule has 1 atom stereocenters. The third kappa shape index (κ3) is 5.14. The highest BCUT2D eigenvalue weighted by Crippen LogP contribution is 2.20. The standard InChI is InChI=1S/C18H24N2O4S2/c1-13(2)16-5-4-6-18(11-16)26(23,24)20-12-14(3)15-7-9-17(10-8-15)25(19,21)22/h4-11,13-14,20H,12H2,1-3H3,(H2,19,21,22). The minimum Gasteiger partial charge on any atom is -0.225 e. The van der Waals surface area contributed by atoms with Crippen molar-refractivity contribution in [3.05, 3.63) is 59.7 Å². The number of primary sulfonamides is 1. The van der Waals surface area contributed by atoms with Crippen LogP contribution in [0.1, 0.15) is 43.7 Å². The maximum atomic E-state index is 12.5. The number of benzene rings is 2. The summed E-state index contributed by atoms with van der Waals surface area (Å²) in [5.74, 6) is 0.106. The summed E-state index contributed by atoms with van der Waals surface area (Å²) in [6.45, 7) is 6.07. The molecule has 0 heterocycles. The van der Waals surface area contributed by atoms with Crippen LogP contribution in [0.4, 0.5) is 0 Å². The molecule has 0 spiro atoms. The van der Waals surface area contributed by atoms with Crippen LogP contribution in [-0.4, -0.2) is 23.4 Å². The van der Waals surface area contributed by atoms with Crippen molar-refractivity contribution in [3.8, 4) is 0 Å². The van der Waals surface area contributed by atoms with E-state index in [0.717, 1.165) is 11.1 Å². The molecule has 0 amide bonds. The first-order valence-electron chi connectivity index (χ1n) is 8.23. The molecule has 0 radical (unpaired) electrons. The fraction of sp³-hybridized carbons (Fsp3) is 0.333. The Morgan fingerprint density at radius 2 is 1.50 bits per heavy atom. The van der Waals surface area contributed by atoms with Crippen LogP contribution in [0, 0.1) is 0 Å². The second-order valence-corrected chi connectivity index (χ2v) is 9.92. The normalized spacial score (nSPS) is 13.7. The van der Waals surface area contributed by atoms with Gasteiger partial charge in [-0.1, -0.05) is 45.0 Å². The Morgan fingerprint density at radius 3 is 2.04 bits per heavy atom. The van der Waals surface area contributed by atoms with Crippen molar-refractivity contribution in [1.82, 2.24) is 4.72 Å². The van der Waals surface area contributed by atoms with E-state index in [-0.39, 0.29) is 28.2 Å². The quantitative estimate of drug-likeness (QED) is 0.750. The van der Waals surface area contributed by atoms with E-state index in [4.69, 9.17) is 5.14 Å². The molecule has 142 valence electrons. The summed E-state index contributed by atoms with van der Waals surface area (Å²) in [7, 11) is -7.36. The van der Waals surface area contributed by atoms with E-state index in [2.05, 4.69) is 4.72 Å². The molecular formula is C18H24N2O4S2. The monoisotopic (exact) mass is 396 g/mol. The van der Waals surface area contributed by atoms with Gasteiger partial charge >= 0.3 is 0 Å². The van der Waals surface area contributed by atoms with Gasteiger partial charge in [0.1, 0.15) is 0 Å². The van der Waals surface area contributed by atoms with Gasteiger partial charge in [0.05, 0.1) is 9.79 Å². The maximum absolute atomic E-state index is 12.5. The fourth-order valence-electron chi connectivity index (χ4n) is 2.46. The predicted molar refractivity (Wildman–Crippen MR) is 102 cm³/mol. The Balaban J connectivity index is 2.10. The summed E-state index contributed by atoms with van der Waals surface area (Å²) in [5.41, 5.74) is 1.77. The molecule has 2 rings (SSSR count). The SMILES string of the molecule is CC(C)c1cccc(S(=O)(=O)NCC(C)c2ccc(S(N)(=O)=O)cc2)c1. The van der Waals surface area contributed by atoms with Crippen LogP contribution in [0.3, 0.4) is 0 Å². The lowest BCUT2D eigenvalue weighted by Gasteiger charge is -2.15. The van der Waals surface area contributed by atoms with Crippen molar-refractivity contribution in [1.29, 1.82) is 0 Å². The molecule has 0 bridgehead atoms. The molecule has 0 aliphatic rings. The first-order chi connectivity index (χ1) is 12.0. The molecule has 0 aromatic heterocycles. The highest BCUT2D eigenvalue weighted by molar-refractivity contribution is 7.89. The minimum atomic E-state index is -3.74. The van der Waals surface area contributed by atoms with Crippen molar-refractivity contribution < 1.29 is 16.8 Å². The maximum Gasteiger partial charge on any atom is 0.240 e. The molecule has 6 nitrogen and oxygen atoms in total. The van der Waals surface area contributed by atoms with E-state index in [9.17, 15) is 16.8 Å². The van der Waals surface area contributed by atoms with Gasteiger partial charge in [0.2, 0.25) is 20.0 Å². The molecule has 2 aromatic carbocycles. The summed E-state index contributed by atoms with van der Waals surface area (Å²) in [4.78, 5) is 0.264. The Hall–Kier alpha value is -1.74. The second kappa shape index (κ2) is 7.87. The van der Waals surface area contributed by atoms with E-state index < -0.39 is 20.0 Å². The van der Waals surface area contributed by atoms with Crippen molar-refractivity contribution in [3.63, 3.8) is 0 Å². The molecule has 26 heavy (non-hydrogen) atoms. The molecule has 0 aliphatic heterocycles. The van der Waals surface area contributed by atoms with E-state index >= 15 is 0 Å². The van der Waals surface area contributed by atoms with Crippen LogP contribution < -0.4 is 9.86 Å². The molecule has 1 unspecified atom stereocenters. The van der Waals surface area contributed by atoms with E-state index in [0.29, 0.717) is 0 Å². The summed E-state index contributed by atoms with van der Waals surface area (Å²) < 4.78 is 50.2. The van der Waals surface area contributed by atoms with Gasteiger partial charge in [-0.15, -0.1) is 0 Å². The number of hydrogen-bond donors (Lipinski definition) is 2. The molecule has 8 heteroatoms. The summed E-state index contributed by atoms with van der Waals surface area (Å²) in [5, 5.41) is 5.08. The van der Waals surface area contributed by atoms with Gasteiger partial charge in [-0.2, -0.15) is 0 Å². The fourth-order valence-corrected chi connectivity index (χ4v) is 4.16. The summed E-state index contributed by atoms with van der Waals surface area (Å²) in [6.07, 6.45) is 0. The van der Waals surface area contributed by atoms with Gasteiger partial charge in [-0.05, 0) is 47.2 Å². The average molecular weight is 397 g/mol. The third-order valence-corrected chi connectivity index (χ3v) is 6.54.